The summed E-state index contributed by atoms with van der Waals surface area (Å²) in [6.07, 6.45) is 6.36. The summed E-state index contributed by atoms with van der Waals surface area (Å²) >= 11 is 0. The molecule has 0 heterocycles. The van der Waals surface area contributed by atoms with Gasteiger partial charge in [0.15, 0.2) is 0 Å². The molecule has 1 aromatic rings. The van der Waals surface area contributed by atoms with Crippen LogP contribution in [0.2, 0.25) is 0 Å². The molecule has 2 rings (SSSR count). The van der Waals surface area contributed by atoms with Crippen molar-refractivity contribution in [1.29, 1.82) is 0 Å². The van der Waals surface area contributed by atoms with E-state index in [9.17, 15) is 4.79 Å². The Bertz CT molecular complexity index is 393. The smallest absolute Gasteiger partial charge is 0.337 e. The van der Waals surface area contributed by atoms with Crippen LogP contribution in [-0.4, -0.2) is 13.1 Å². The molecule has 0 aliphatic heterocycles. The first-order valence-corrected chi connectivity index (χ1v) is 6.66. The number of carbonyl (C=O) groups excluding carboxylic acids is 1. The van der Waals surface area contributed by atoms with Gasteiger partial charge in [-0.1, -0.05) is 31.4 Å². The van der Waals surface area contributed by atoms with Crippen molar-refractivity contribution in [2.45, 2.75) is 38.1 Å². The molecule has 2 N–H and O–H groups in total. The quantitative estimate of drug-likeness (QED) is 0.835. The molecule has 18 heavy (non-hydrogen) atoms. The fourth-order valence-corrected chi connectivity index (χ4v) is 2.72. The van der Waals surface area contributed by atoms with Gasteiger partial charge < -0.3 is 10.5 Å². The van der Waals surface area contributed by atoms with Crippen LogP contribution in [0.1, 0.15) is 54.1 Å². The van der Waals surface area contributed by atoms with Gasteiger partial charge in [0.25, 0.3) is 0 Å². The van der Waals surface area contributed by atoms with Gasteiger partial charge >= 0.3 is 5.97 Å². The van der Waals surface area contributed by atoms with Gasteiger partial charge in [0.1, 0.15) is 0 Å². The molecular weight excluding hydrogens is 226 g/mol. The Hall–Kier alpha value is -1.35. The zero-order valence-electron chi connectivity index (χ0n) is 10.9. The van der Waals surface area contributed by atoms with E-state index in [2.05, 4.69) is 4.74 Å². The van der Waals surface area contributed by atoms with E-state index in [0.717, 1.165) is 5.56 Å². The van der Waals surface area contributed by atoms with E-state index in [4.69, 9.17) is 5.73 Å². The molecule has 0 saturated heterocycles. The van der Waals surface area contributed by atoms with Crippen LogP contribution < -0.4 is 5.73 Å². The van der Waals surface area contributed by atoms with Crippen LogP contribution in [0.5, 0.6) is 0 Å². The maximum atomic E-state index is 11.3. The standard InChI is InChI=1S/C15H21NO2/c1-18-15(17)13-9-7-12(8-10-13)14(16)11-5-3-2-4-6-11/h7-11,14H,2-6,16H2,1H3/t14-/m1/s1. The first kappa shape index (κ1) is 13.1. The molecule has 1 aliphatic rings. The van der Waals surface area contributed by atoms with E-state index >= 15 is 0 Å². The Morgan fingerprint density at radius 2 is 1.83 bits per heavy atom. The second-order valence-electron chi connectivity index (χ2n) is 5.04. The number of carbonyl (C=O) groups is 1. The van der Waals surface area contributed by atoms with Crippen molar-refractivity contribution in [2.24, 2.45) is 11.7 Å². The minimum Gasteiger partial charge on any atom is -0.465 e. The Balaban J connectivity index is 2.06. The van der Waals surface area contributed by atoms with Crippen molar-refractivity contribution in [1.82, 2.24) is 0 Å². The van der Waals surface area contributed by atoms with E-state index in [1.807, 2.05) is 12.1 Å². The number of hydrogen-bond acceptors (Lipinski definition) is 3. The highest BCUT2D eigenvalue weighted by atomic mass is 16.5. The highest BCUT2D eigenvalue weighted by Gasteiger charge is 2.21. The molecule has 0 amide bonds. The fourth-order valence-electron chi connectivity index (χ4n) is 2.72. The number of methoxy groups -OCH3 is 1. The lowest BCUT2D eigenvalue weighted by atomic mass is 9.81. The van der Waals surface area contributed by atoms with Crippen LogP contribution >= 0.6 is 0 Å². The predicted molar refractivity (Wildman–Crippen MR) is 71.3 cm³/mol. The maximum Gasteiger partial charge on any atom is 0.337 e. The molecule has 0 radical (unpaired) electrons. The van der Waals surface area contributed by atoms with Crippen molar-refractivity contribution >= 4 is 5.97 Å². The van der Waals surface area contributed by atoms with Crippen molar-refractivity contribution in [2.75, 3.05) is 7.11 Å². The molecule has 1 saturated carbocycles. The number of hydrogen-bond donors (Lipinski definition) is 1. The number of ether oxygens (including phenoxy) is 1. The number of nitrogens with two attached hydrogens (primary N) is 1. The summed E-state index contributed by atoms with van der Waals surface area (Å²) < 4.78 is 4.68. The average Bonchev–Trinajstić information content (AvgIpc) is 2.47. The lowest BCUT2D eigenvalue weighted by molar-refractivity contribution is 0.0600. The molecule has 1 aromatic carbocycles. The van der Waals surface area contributed by atoms with Gasteiger partial charge in [-0.15, -0.1) is 0 Å². The Labute approximate surface area is 108 Å². The molecule has 1 atom stereocenters. The SMILES string of the molecule is COC(=O)c1ccc([C@H](N)C2CCCCC2)cc1. The normalized spacial score (nSPS) is 18.3. The summed E-state index contributed by atoms with van der Waals surface area (Å²) in [5.74, 6) is 0.288. The van der Waals surface area contributed by atoms with Crippen LogP contribution in [0.25, 0.3) is 0 Å². The van der Waals surface area contributed by atoms with Crippen molar-refractivity contribution in [3.05, 3.63) is 35.4 Å². The lowest BCUT2D eigenvalue weighted by Crippen LogP contribution is -2.23. The van der Waals surface area contributed by atoms with Gasteiger partial charge in [-0.3, -0.25) is 0 Å². The molecule has 1 aliphatic carbocycles. The van der Waals surface area contributed by atoms with Gasteiger partial charge in [-0.05, 0) is 36.5 Å². The summed E-state index contributed by atoms with van der Waals surface area (Å²) in [5.41, 5.74) is 8.01. The van der Waals surface area contributed by atoms with Gasteiger partial charge in [0, 0.05) is 6.04 Å². The van der Waals surface area contributed by atoms with Gasteiger partial charge in [0.2, 0.25) is 0 Å². The van der Waals surface area contributed by atoms with Crippen LogP contribution in [0, 0.1) is 5.92 Å². The van der Waals surface area contributed by atoms with E-state index in [1.165, 1.54) is 39.2 Å². The molecule has 0 unspecified atom stereocenters. The Morgan fingerprint density at radius 1 is 1.22 bits per heavy atom. The number of benzene rings is 1. The average molecular weight is 247 g/mol. The highest BCUT2D eigenvalue weighted by Crippen LogP contribution is 2.32. The van der Waals surface area contributed by atoms with Crippen LogP contribution in [-0.2, 0) is 4.74 Å². The van der Waals surface area contributed by atoms with E-state index in [0.29, 0.717) is 11.5 Å². The van der Waals surface area contributed by atoms with Crippen LogP contribution in [0.15, 0.2) is 24.3 Å². The minimum absolute atomic E-state index is 0.0944. The van der Waals surface area contributed by atoms with Crippen molar-refractivity contribution < 1.29 is 9.53 Å². The Kier molecular flexibility index (Phi) is 4.37. The zero-order valence-corrected chi connectivity index (χ0v) is 10.9. The molecule has 0 bridgehead atoms. The molecule has 3 heteroatoms. The fraction of sp³-hybridized carbons (Fsp3) is 0.533. The second kappa shape index (κ2) is 6.01. The largest absolute Gasteiger partial charge is 0.465 e. The van der Waals surface area contributed by atoms with Crippen LogP contribution in [0.3, 0.4) is 0 Å². The van der Waals surface area contributed by atoms with Crippen LogP contribution in [0.4, 0.5) is 0 Å². The zero-order chi connectivity index (χ0) is 13.0. The Morgan fingerprint density at radius 3 is 2.39 bits per heavy atom. The number of rotatable bonds is 3. The first-order valence-electron chi connectivity index (χ1n) is 6.66. The van der Waals surface area contributed by atoms with E-state index in [-0.39, 0.29) is 12.0 Å². The van der Waals surface area contributed by atoms with Gasteiger partial charge in [-0.2, -0.15) is 0 Å². The summed E-state index contributed by atoms with van der Waals surface area (Å²) in [7, 11) is 1.39. The third-order valence-electron chi connectivity index (χ3n) is 3.87. The lowest BCUT2D eigenvalue weighted by Gasteiger charge is -2.27. The number of esters is 1. The predicted octanol–water partition coefficient (Wildman–Crippen LogP) is 3.05. The molecular formula is C15H21NO2. The highest BCUT2D eigenvalue weighted by molar-refractivity contribution is 5.89. The van der Waals surface area contributed by atoms with Crippen molar-refractivity contribution in [3.8, 4) is 0 Å². The van der Waals surface area contributed by atoms with Crippen molar-refractivity contribution in [3.63, 3.8) is 0 Å². The first-order chi connectivity index (χ1) is 8.72. The monoisotopic (exact) mass is 247 g/mol. The molecule has 0 spiro atoms. The summed E-state index contributed by atoms with van der Waals surface area (Å²) in [5, 5.41) is 0. The second-order valence-corrected chi connectivity index (χ2v) is 5.04. The third kappa shape index (κ3) is 2.91. The topological polar surface area (TPSA) is 52.3 Å². The molecule has 98 valence electrons. The maximum absolute atomic E-state index is 11.3. The minimum atomic E-state index is -0.298. The van der Waals surface area contributed by atoms with E-state index in [1.54, 1.807) is 12.1 Å². The van der Waals surface area contributed by atoms with Gasteiger partial charge in [0.05, 0.1) is 12.7 Å². The third-order valence-corrected chi connectivity index (χ3v) is 3.87. The summed E-state index contributed by atoms with van der Waals surface area (Å²) in [6, 6.07) is 7.59. The summed E-state index contributed by atoms with van der Waals surface area (Å²) in [6.45, 7) is 0. The van der Waals surface area contributed by atoms with E-state index < -0.39 is 0 Å². The summed E-state index contributed by atoms with van der Waals surface area (Å²) in [4.78, 5) is 11.3. The molecule has 1 fully saturated rings. The van der Waals surface area contributed by atoms with Gasteiger partial charge in [-0.25, -0.2) is 4.79 Å². The molecule has 3 nitrogen and oxygen atoms in total. The molecule has 0 aromatic heterocycles.